The molecule has 0 fully saturated rings. The maximum Gasteiger partial charge on any atom is 0.0715 e. The maximum atomic E-state index is 9.53. The Kier molecular flexibility index (Phi) is 4.14. The summed E-state index contributed by atoms with van der Waals surface area (Å²) < 4.78 is 0. The Morgan fingerprint density at radius 2 is 2.07 bits per heavy atom. The van der Waals surface area contributed by atoms with E-state index in [-0.39, 0.29) is 0 Å². The van der Waals surface area contributed by atoms with Crippen LogP contribution in [0.5, 0.6) is 0 Å². The zero-order valence-corrected chi connectivity index (χ0v) is 10.2. The third-order valence-corrected chi connectivity index (χ3v) is 2.41. The first-order valence-electron chi connectivity index (χ1n) is 5.06. The van der Waals surface area contributed by atoms with Gasteiger partial charge in [-0.15, -0.1) is 0 Å². The number of aliphatic hydroxyl groups is 1. The van der Waals surface area contributed by atoms with Gasteiger partial charge < -0.3 is 10.4 Å². The van der Waals surface area contributed by atoms with E-state index in [1.54, 1.807) is 13.8 Å². The van der Waals surface area contributed by atoms with E-state index in [0.29, 0.717) is 6.54 Å². The molecule has 0 atom stereocenters. The summed E-state index contributed by atoms with van der Waals surface area (Å²) in [6, 6.07) is 5.84. The fourth-order valence-electron chi connectivity index (χ4n) is 1.36. The Labute approximate surface area is 96.3 Å². The molecule has 1 aromatic rings. The number of halogens is 1. The van der Waals surface area contributed by atoms with E-state index in [1.807, 2.05) is 25.1 Å². The Balaban J connectivity index is 2.51. The third kappa shape index (κ3) is 4.65. The van der Waals surface area contributed by atoms with Gasteiger partial charge in [0.05, 0.1) is 5.60 Å². The van der Waals surface area contributed by atoms with Gasteiger partial charge in [0.25, 0.3) is 0 Å². The second-order valence-electron chi connectivity index (χ2n) is 4.49. The van der Waals surface area contributed by atoms with Crippen molar-refractivity contribution in [2.75, 3.05) is 6.54 Å². The molecule has 0 aliphatic rings. The summed E-state index contributed by atoms with van der Waals surface area (Å²) in [7, 11) is 0. The van der Waals surface area contributed by atoms with Crippen LogP contribution in [0.4, 0.5) is 0 Å². The molecule has 0 aliphatic heterocycles. The number of hydrogen-bond acceptors (Lipinski definition) is 2. The molecule has 0 spiro atoms. The quantitative estimate of drug-likeness (QED) is 0.829. The van der Waals surface area contributed by atoms with Gasteiger partial charge in [-0.1, -0.05) is 17.7 Å². The van der Waals surface area contributed by atoms with Gasteiger partial charge in [-0.05, 0) is 44.0 Å². The predicted octanol–water partition coefficient (Wildman–Crippen LogP) is 2.51. The standard InChI is InChI=1S/C12H18ClNO/c1-9-6-11(13)5-4-10(9)7-14-8-12(2,3)15/h4-6,14-15H,7-8H2,1-3H3. The summed E-state index contributed by atoms with van der Waals surface area (Å²) >= 11 is 5.86. The van der Waals surface area contributed by atoms with Gasteiger partial charge in [0.1, 0.15) is 0 Å². The van der Waals surface area contributed by atoms with Crippen molar-refractivity contribution in [3.05, 3.63) is 34.3 Å². The van der Waals surface area contributed by atoms with Crippen molar-refractivity contribution in [2.45, 2.75) is 32.9 Å². The van der Waals surface area contributed by atoms with E-state index in [1.165, 1.54) is 11.1 Å². The van der Waals surface area contributed by atoms with E-state index in [0.717, 1.165) is 11.6 Å². The van der Waals surface area contributed by atoms with Crippen LogP contribution in [0.15, 0.2) is 18.2 Å². The number of benzene rings is 1. The van der Waals surface area contributed by atoms with Gasteiger partial charge in [-0.2, -0.15) is 0 Å². The number of nitrogens with one attached hydrogen (secondary N) is 1. The van der Waals surface area contributed by atoms with Crippen LogP contribution < -0.4 is 5.32 Å². The first-order chi connectivity index (χ1) is 6.88. The molecule has 1 aromatic carbocycles. The molecule has 0 heterocycles. The van der Waals surface area contributed by atoms with Gasteiger partial charge in [0.2, 0.25) is 0 Å². The minimum Gasteiger partial charge on any atom is -0.389 e. The number of hydrogen-bond donors (Lipinski definition) is 2. The normalized spacial score (nSPS) is 11.8. The lowest BCUT2D eigenvalue weighted by molar-refractivity contribution is 0.0795. The molecule has 84 valence electrons. The molecule has 0 aromatic heterocycles. The van der Waals surface area contributed by atoms with Crippen molar-refractivity contribution >= 4 is 11.6 Å². The first kappa shape index (κ1) is 12.5. The van der Waals surface area contributed by atoms with Gasteiger partial charge in [0, 0.05) is 18.1 Å². The summed E-state index contributed by atoms with van der Waals surface area (Å²) in [4.78, 5) is 0. The minimum absolute atomic E-state index is 0.578. The Bertz CT molecular complexity index is 331. The smallest absolute Gasteiger partial charge is 0.0715 e. The lowest BCUT2D eigenvalue weighted by Crippen LogP contribution is -2.34. The fraction of sp³-hybridized carbons (Fsp3) is 0.500. The van der Waals surface area contributed by atoms with Gasteiger partial charge >= 0.3 is 0 Å². The molecule has 3 heteroatoms. The van der Waals surface area contributed by atoms with E-state index in [9.17, 15) is 5.11 Å². The summed E-state index contributed by atoms with van der Waals surface area (Å²) in [5.41, 5.74) is 1.72. The van der Waals surface area contributed by atoms with Crippen molar-refractivity contribution < 1.29 is 5.11 Å². The van der Waals surface area contributed by atoms with Crippen LogP contribution in [-0.4, -0.2) is 17.3 Å². The Morgan fingerprint density at radius 1 is 1.40 bits per heavy atom. The van der Waals surface area contributed by atoms with Crippen molar-refractivity contribution in [3.8, 4) is 0 Å². The number of rotatable bonds is 4. The molecular formula is C12H18ClNO. The summed E-state index contributed by atoms with van der Waals surface area (Å²) in [6.07, 6.45) is 0. The first-order valence-corrected chi connectivity index (χ1v) is 5.44. The van der Waals surface area contributed by atoms with Gasteiger partial charge in [0.15, 0.2) is 0 Å². The van der Waals surface area contributed by atoms with Crippen molar-refractivity contribution in [2.24, 2.45) is 0 Å². The van der Waals surface area contributed by atoms with Crippen molar-refractivity contribution in [1.29, 1.82) is 0 Å². The fourth-order valence-corrected chi connectivity index (χ4v) is 1.59. The average molecular weight is 228 g/mol. The highest BCUT2D eigenvalue weighted by molar-refractivity contribution is 6.30. The van der Waals surface area contributed by atoms with Crippen LogP contribution in [0, 0.1) is 6.92 Å². The molecule has 1 rings (SSSR count). The summed E-state index contributed by atoms with van der Waals surface area (Å²) in [5.74, 6) is 0. The molecule has 0 aliphatic carbocycles. The predicted molar refractivity (Wildman–Crippen MR) is 64.2 cm³/mol. The van der Waals surface area contributed by atoms with Crippen LogP contribution in [0.25, 0.3) is 0 Å². The summed E-state index contributed by atoms with van der Waals surface area (Å²) in [6.45, 7) is 6.94. The van der Waals surface area contributed by atoms with Crippen LogP contribution in [0.3, 0.4) is 0 Å². The van der Waals surface area contributed by atoms with E-state index in [2.05, 4.69) is 5.32 Å². The van der Waals surface area contributed by atoms with E-state index < -0.39 is 5.60 Å². The van der Waals surface area contributed by atoms with Crippen LogP contribution in [-0.2, 0) is 6.54 Å². The minimum atomic E-state index is -0.666. The highest BCUT2D eigenvalue weighted by Gasteiger charge is 2.11. The maximum absolute atomic E-state index is 9.53. The molecule has 0 saturated carbocycles. The molecule has 0 amide bonds. The van der Waals surface area contributed by atoms with Gasteiger partial charge in [-0.3, -0.25) is 0 Å². The second kappa shape index (κ2) is 4.97. The molecule has 2 N–H and O–H groups in total. The Morgan fingerprint density at radius 3 is 2.60 bits per heavy atom. The topological polar surface area (TPSA) is 32.3 Å². The highest BCUT2D eigenvalue weighted by atomic mass is 35.5. The molecule has 0 radical (unpaired) electrons. The molecule has 15 heavy (non-hydrogen) atoms. The van der Waals surface area contributed by atoms with Crippen LogP contribution >= 0.6 is 11.6 Å². The van der Waals surface area contributed by atoms with E-state index in [4.69, 9.17) is 11.6 Å². The van der Waals surface area contributed by atoms with Crippen molar-refractivity contribution in [3.63, 3.8) is 0 Å². The van der Waals surface area contributed by atoms with E-state index >= 15 is 0 Å². The number of aryl methyl sites for hydroxylation is 1. The monoisotopic (exact) mass is 227 g/mol. The molecule has 0 saturated heterocycles. The third-order valence-electron chi connectivity index (χ3n) is 2.18. The Hall–Kier alpha value is -0.570. The van der Waals surface area contributed by atoms with Crippen molar-refractivity contribution in [1.82, 2.24) is 5.32 Å². The lowest BCUT2D eigenvalue weighted by Gasteiger charge is -2.18. The largest absolute Gasteiger partial charge is 0.389 e. The average Bonchev–Trinajstić information content (AvgIpc) is 2.07. The highest BCUT2D eigenvalue weighted by Crippen LogP contribution is 2.15. The SMILES string of the molecule is Cc1cc(Cl)ccc1CNCC(C)(C)O. The van der Waals surface area contributed by atoms with Crippen LogP contribution in [0.2, 0.25) is 5.02 Å². The summed E-state index contributed by atoms with van der Waals surface area (Å²) in [5, 5.41) is 13.5. The molecule has 0 unspecified atom stereocenters. The second-order valence-corrected chi connectivity index (χ2v) is 4.92. The molecular weight excluding hydrogens is 210 g/mol. The van der Waals surface area contributed by atoms with Crippen LogP contribution in [0.1, 0.15) is 25.0 Å². The lowest BCUT2D eigenvalue weighted by atomic mass is 10.1. The van der Waals surface area contributed by atoms with Gasteiger partial charge in [-0.25, -0.2) is 0 Å². The zero-order valence-electron chi connectivity index (χ0n) is 9.47. The molecule has 0 bridgehead atoms. The zero-order chi connectivity index (χ0) is 11.5. The molecule has 2 nitrogen and oxygen atoms in total.